The van der Waals surface area contributed by atoms with Gasteiger partial charge in [0.1, 0.15) is 0 Å². The molecular formula is C37H40. The van der Waals surface area contributed by atoms with Crippen LogP contribution in [0.5, 0.6) is 0 Å². The minimum Gasteiger partial charge on any atom is -0.0683 e. The minimum absolute atomic E-state index is 0.00959. The third-order valence-corrected chi connectivity index (χ3v) is 7.36. The smallest absolute Gasteiger partial charge is 0.0159 e. The summed E-state index contributed by atoms with van der Waals surface area (Å²) in [4.78, 5) is 0. The Labute approximate surface area is 223 Å². The van der Waals surface area contributed by atoms with Gasteiger partial charge in [-0.1, -0.05) is 116 Å². The largest absolute Gasteiger partial charge is 0.0683 e. The number of fused-ring (bicyclic) bond motifs is 8. The van der Waals surface area contributed by atoms with E-state index in [0.29, 0.717) is 0 Å². The van der Waals surface area contributed by atoms with Gasteiger partial charge in [-0.05, 0) is 102 Å². The molecule has 0 bridgehead atoms. The van der Waals surface area contributed by atoms with Crippen molar-refractivity contribution >= 4 is 43.1 Å². The van der Waals surface area contributed by atoms with Gasteiger partial charge in [0.2, 0.25) is 0 Å². The van der Waals surface area contributed by atoms with Crippen LogP contribution < -0.4 is 0 Å². The Morgan fingerprint density at radius 2 is 0.838 bits per heavy atom. The summed E-state index contributed by atoms with van der Waals surface area (Å²) in [5.74, 6) is 0. The van der Waals surface area contributed by atoms with E-state index in [-0.39, 0.29) is 5.41 Å². The third kappa shape index (κ3) is 4.29. The van der Waals surface area contributed by atoms with Gasteiger partial charge in [0.25, 0.3) is 0 Å². The normalized spacial score (nSPS) is 12.5. The summed E-state index contributed by atoms with van der Waals surface area (Å²) < 4.78 is 0. The Hall–Kier alpha value is -3.64. The Balaban J connectivity index is 0.000000500. The molecule has 0 nitrogen and oxygen atoms in total. The Bertz CT molecular complexity index is 1700. The lowest BCUT2D eigenvalue weighted by Gasteiger charge is -2.22. The maximum absolute atomic E-state index is 2.44. The maximum Gasteiger partial charge on any atom is 0.0159 e. The highest BCUT2D eigenvalue weighted by Gasteiger charge is 2.36. The second-order valence-corrected chi connectivity index (χ2v) is 9.47. The monoisotopic (exact) mass is 484 g/mol. The highest BCUT2D eigenvalue weighted by molar-refractivity contribution is 6.10. The predicted octanol–water partition coefficient (Wildman–Crippen LogP) is 11.7. The van der Waals surface area contributed by atoms with Crippen LogP contribution in [0.15, 0.2) is 97.1 Å². The third-order valence-electron chi connectivity index (χ3n) is 7.36. The first kappa shape index (κ1) is 26.4. The first-order chi connectivity index (χ1) is 18.1. The van der Waals surface area contributed by atoms with Gasteiger partial charge in [-0.3, -0.25) is 0 Å². The molecule has 0 heteroatoms. The summed E-state index contributed by atoms with van der Waals surface area (Å²) in [6.07, 6.45) is 0. The van der Waals surface area contributed by atoms with E-state index in [9.17, 15) is 0 Å². The molecule has 7 rings (SSSR count). The van der Waals surface area contributed by atoms with Crippen LogP contribution in [-0.4, -0.2) is 0 Å². The van der Waals surface area contributed by atoms with Crippen LogP contribution in [0.3, 0.4) is 0 Å². The predicted molar refractivity (Wildman–Crippen MR) is 168 cm³/mol. The zero-order chi connectivity index (χ0) is 26.7. The lowest BCUT2D eigenvalue weighted by molar-refractivity contribution is 0.662. The van der Waals surface area contributed by atoms with Crippen LogP contribution in [0.2, 0.25) is 0 Å². The standard InChI is InChI=1S/C31H22.3C2H6/c1-31(2)29-16-22-12-11-19-7-5-6-10-25(19)26(22)18-28(29)27-15-23-13-20-8-3-4-9-21(20)14-24(23)17-30(27)31;3*1-2/h3-18H,1-2H3;3*1-2H3. The lowest BCUT2D eigenvalue weighted by Crippen LogP contribution is -2.14. The number of benzene rings is 6. The zero-order valence-corrected chi connectivity index (χ0v) is 23.7. The van der Waals surface area contributed by atoms with Crippen molar-refractivity contribution in [2.75, 3.05) is 0 Å². The van der Waals surface area contributed by atoms with Crippen LogP contribution in [0.25, 0.3) is 54.2 Å². The van der Waals surface area contributed by atoms with E-state index in [1.54, 1.807) is 0 Å². The molecule has 0 heterocycles. The van der Waals surface area contributed by atoms with E-state index in [2.05, 4.69) is 111 Å². The zero-order valence-electron chi connectivity index (χ0n) is 23.7. The van der Waals surface area contributed by atoms with Gasteiger partial charge in [0.05, 0.1) is 0 Å². The quantitative estimate of drug-likeness (QED) is 0.148. The van der Waals surface area contributed by atoms with Crippen LogP contribution in [-0.2, 0) is 5.41 Å². The first-order valence-electron chi connectivity index (χ1n) is 14.0. The lowest BCUT2D eigenvalue weighted by atomic mass is 9.81. The molecule has 0 aromatic heterocycles. The van der Waals surface area contributed by atoms with Crippen LogP contribution in [0.1, 0.15) is 66.5 Å². The first-order valence-corrected chi connectivity index (χ1v) is 14.0. The number of rotatable bonds is 0. The highest BCUT2D eigenvalue weighted by Crippen LogP contribution is 2.51. The molecule has 0 fully saturated rings. The van der Waals surface area contributed by atoms with Gasteiger partial charge < -0.3 is 0 Å². The molecule has 0 spiro atoms. The molecule has 6 aromatic rings. The van der Waals surface area contributed by atoms with Crippen LogP contribution >= 0.6 is 0 Å². The minimum atomic E-state index is -0.00959. The van der Waals surface area contributed by atoms with Gasteiger partial charge in [-0.2, -0.15) is 0 Å². The van der Waals surface area contributed by atoms with Gasteiger partial charge >= 0.3 is 0 Å². The summed E-state index contributed by atoms with van der Waals surface area (Å²) in [7, 11) is 0. The SMILES string of the molecule is CC.CC.CC.CC1(C)c2cc3cc4ccccc4cc3cc2-c2cc3c(ccc4ccccc43)cc21. The van der Waals surface area contributed by atoms with E-state index in [4.69, 9.17) is 0 Å². The molecule has 0 saturated carbocycles. The molecule has 6 aromatic carbocycles. The summed E-state index contributed by atoms with van der Waals surface area (Å²) in [5.41, 5.74) is 5.64. The van der Waals surface area contributed by atoms with Gasteiger partial charge in [0, 0.05) is 5.41 Å². The number of hydrogen-bond donors (Lipinski definition) is 0. The topological polar surface area (TPSA) is 0 Å². The average Bonchev–Trinajstić information content (AvgIpc) is 3.18. The summed E-state index contributed by atoms with van der Waals surface area (Å²) in [6.45, 7) is 16.7. The van der Waals surface area contributed by atoms with E-state index in [1.165, 1.54) is 65.3 Å². The van der Waals surface area contributed by atoms with Gasteiger partial charge in [-0.25, -0.2) is 0 Å². The van der Waals surface area contributed by atoms with E-state index >= 15 is 0 Å². The van der Waals surface area contributed by atoms with Crippen LogP contribution in [0, 0.1) is 0 Å². The van der Waals surface area contributed by atoms with E-state index in [1.807, 2.05) is 41.5 Å². The van der Waals surface area contributed by atoms with E-state index in [0.717, 1.165) is 0 Å². The van der Waals surface area contributed by atoms with Crippen molar-refractivity contribution in [3.8, 4) is 11.1 Å². The molecule has 1 aliphatic carbocycles. The van der Waals surface area contributed by atoms with Gasteiger partial charge in [-0.15, -0.1) is 0 Å². The Morgan fingerprint density at radius 3 is 1.46 bits per heavy atom. The molecule has 0 atom stereocenters. The molecule has 0 N–H and O–H groups in total. The van der Waals surface area contributed by atoms with Crippen molar-refractivity contribution in [1.82, 2.24) is 0 Å². The average molecular weight is 485 g/mol. The number of hydrogen-bond acceptors (Lipinski definition) is 0. The molecule has 1 aliphatic rings. The Morgan fingerprint density at radius 1 is 0.378 bits per heavy atom. The van der Waals surface area contributed by atoms with Crippen molar-refractivity contribution in [3.63, 3.8) is 0 Å². The summed E-state index contributed by atoms with van der Waals surface area (Å²) in [5, 5.41) is 10.6. The molecule has 37 heavy (non-hydrogen) atoms. The van der Waals surface area contributed by atoms with Crippen molar-refractivity contribution in [2.24, 2.45) is 0 Å². The molecular weight excluding hydrogens is 444 g/mol. The fourth-order valence-electron chi connectivity index (χ4n) is 5.67. The molecule has 0 radical (unpaired) electrons. The van der Waals surface area contributed by atoms with Crippen molar-refractivity contribution < 1.29 is 0 Å². The van der Waals surface area contributed by atoms with E-state index < -0.39 is 0 Å². The van der Waals surface area contributed by atoms with Gasteiger partial charge in [0.15, 0.2) is 0 Å². The summed E-state index contributed by atoms with van der Waals surface area (Å²) >= 11 is 0. The second-order valence-electron chi connectivity index (χ2n) is 9.47. The fraction of sp³-hybridized carbons (Fsp3) is 0.243. The van der Waals surface area contributed by atoms with Crippen molar-refractivity contribution in [3.05, 3.63) is 108 Å². The second kappa shape index (κ2) is 10.8. The fourth-order valence-corrected chi connectivity index (χ4v) is 5.67. The molecule has 188 valence electrons. The summed E-state index contributed by atoms with van der Waals surface area (Å²) in [6, 6.07) is 36.3. The maximum atomic E-state index is 2.44. The highest BCUT2D eigenvalue weighted by atomic mass is 14.4. The van der Waals surface area contributed by atoms with Crippen molar-refractivity contribution in [2.45, 2.75) is 60.8 Å². The Kier molecular flexibility index (Phi) is 7.69. The van der Waals surface area contributed by atoms with Crippen molar-refractivity contribution in [1.29, 1.82) is 0 Å². The molecule has 0 amide bonds. The molecule has 0 aliphatic heterocycles. The molecule has 0 unspecified atom stereocenters. The van der Waals surface area contributed by atoms with Crippen LogP contribution in [0.4, 0.5) is 0 Å². The molecule has 0 saturated heterocycles.